The van der Waals surface area contributed by atoms with Crippen LogP contribution in [0.1, 0.15) is 64.9 Å². The van der Waals surface area contributed by atoms with Crippen molar-refractivity contribution in [3.05, 3.63) is 35.9 Å². The molecule has 1 aromatic carbocycles. The average Bonchev–Trinajstić information content (AvgIpc) is 3.49. The van der Waals surface area contributed by atoms with Crippen LogP contribution in [0, 0.1) is 11.3 Å². The summed E-state index contributed by atoms with van der Waals surface area (Å²) in [4.78, 5) is 30.1. The molecular formula is C26H38N2O4. The van der Waals surface area contributed by atoms with Gasteiger partial charge < -0.3 is 14.4 Å². The molecule has 0 bridgehead atoms. The summed E-state index contributed by atoms with van der Waals surface area (Å²) in [7, 11) is 0. The zero-order chi connectivity index (χ0) is 22.8. The van der Waals surface area contributed by atoms with Crippen molar-refractivity contribution in [2.24, 2.45) is 11.3 Å². The van der Waals surface area contributed by atoms with Crippen molar-refractivity contribution in [3.63, 3.8) is 0 Å². The normalized spacial score (nSPS) is 25.4. The van der Waals surface area contributed by atoms with Crippen molar-refractivity contribution in [2.45, 2.75) is 77.5 Å². The summed E-state index contributed by atoms with van der Waals surface area (Å²) in [5.41, 5.74) is 0.602. The van der Waals surface area contributed by atoms with Gasteiger partial charge in [0.2, 0.25) is 0 Å². The summed E-state index contributed by atoms with van der Waals surface area (Å²) in [5, 5.41) is 0. The summed E-state index contributed by atoms with van der Waals surface area (Å²) >= 11 is 0. The van der Waals surface area contributed by atoms with E-state index in [-0.39, 0.29) is 23.5 Å². The van der Waals surface area contributed by atoms with Crippen LogP contribution in [0.5, 0.6) is 0 Å². The third-order valence-electron chi connectivity index (χ3n) is 7.26. The van der Waals surface area contributed by atoms with Crippen LogP contribution >= 0.6 is 0 Å². The number of benzene rings is 1. The summed E-state index contributed by atoms with van der Waals surface area (Å²) < 4.78 is 11.4. The van der Waals surface area contributed by atoms with E-state index in [4.69, 9.17) is 9.47 Å². The highest BCUT2D eigenvalue weighted by Crippen LogP contribution is 2.43. The molecule has 32 heavy (non-hydrogen) atoms. The highest BCUT2D eigenvalue weighted by molar-refractivity contribution is 5.76. The van der Waals surface area contributed by atoms with Crippen LogP contribution < -0.4 is 0 Å². The van der Waals surface area contributed by atoms with E-state index >= 15 is 0 Å². The molecule has 3 aliphatic rings. The second kappa shape index (κ2) is 9.42. The minimum absolute atomic E-state index is 0.0630. The van der Waals surface area contributed by atoms with E-state index in [1.54, 1.807) is 0 Å². The van der Waals surface area contributed by atoms with Crippen LogP contribution in [0.4, 0.5) is 4.79 Å². The number of nitrogens with zero attached hydrogens (tertiary/aromatic N) is 2. The van der Waals surface area contributed by atoms with E-state index in [2.05, 4.69) is 4.90 Å². The van der Waals surface area contributed by atoms with Crippen LogP contribution in [-0.4, -0.2) is 59.7 Å². The molecule has 0 N–H and O–H groups in total. The van der Waals surface area contributed by atoms with Gasteiger partial charge in [0.25, 0.3) is 0 Å². The smallest absolute Gasteiger partial charge is 0.410 e. The summed E-state index contributed by atoms with van der Waals surface area (Å²) in [6, 6.07) is 9.73. The lowest BCUT2D eigenvalue weighted by atomic mass is 9.86. The van der Waals surface area contributed by atoms with E-state index in [0.717, 1.165) is 57.4 Å². The molecule has 2 heterocycles. The van der Waals surface area contributed by atoms with E-state index in [0.29, 0.717) is 12.5 Å². The minimum atomic E-state index is -0.482. The Morgan fingerprint density at radius 2 is 1.75 bits per heavy atom. The quantitative estimate of drug-likeness (QED) is 0.623. The monoisotopic (exact) mass is 442 g/mol. The SMILES string of the molecule is CC(C)(C)OC(=O)N1CCC2(CCN([C@H](C(=O)OCc3ccccc3)C3CCCC3)C2)C1. The Morgan fingerprint density at radius 1 is 1.06 bits per heavy atom. The lowest BCUT2D eigenvalue weighted by molar-refractivity contribution is -0.153. The van der Waals surface area contributed by atoms with Crippen LogP contribution in [-0.2, 0) is 20.9 Å². The van der Waals surface area contributed by atoms with Crippen LogP contribution in [0.25, 0.3) is 0 Å². The van der Waals surface area contributed by atoms with Crippen molar-refractivity contribution in [1.82, 2.24) is 9.80 Å². The molecule has 0 aromatic heterocycles. The Hall–Kier alpha value is -2.08. The van der Waals surface area contributed by atoms with Crippen molar-refractivity contribution in [2.75, 3.05) is 26.2 Å². The number of hydrogen-bond acceptors (Lipinski definition) is 5. The van der Waals surface area contributed by atoms with Gasteiger partial charge in [-0.25, -0.2) is 4.79 Å². The molecular weight excluding hydrogens is 404 g/mol. The fraction of sp³-hybridized carbons (Fsp3) is 0.692. The molecule has 1 amide bonds. The predicted octanol–water partition coefficient (Wildman–Crippen LogP) is 4.62. The molecule has 2 saturated heterocycles. The lowest BCUT2D eigenvalue weighted by Gasteiger charge is -2.32. The number of amides is 1. The van der Waals surface area contributed by atoms with Gasteiger partial charge in [0, 0.05) is 25.0 Å². The van der Waals surface area contributed by atoms with Crippen molar-refractivity contribution >= 4 is 12.1 Å². The number of carbonyl (C=O) groups is 2. The Labute approximate surface area is 192 Å². The molecule has 3 fully saturated rings. The second-order valence-electron chi connectivity index (χ2n) is 11.0. The Morgan fingerprint density at radius 3 is 2.44 bits per heavy atom. The number of likely N-dealkylation sites (tertiary alicyclic amines) is 2. The predicted molar refractivity (Wildman–Crippen MR) is 123 cm³/mol. The van der Waals surface area contributed by atoms with E-state index in [9.17, 15) is 9.59 Å². The van der Waals surface area contributed by atoms with Crippen LogP contribution in [0.3, 0.4) is 0 Å². The number of carbonyl (C=O) groups excluding carboxylic acids is 2. The lowest BCUT2D eigenvalue weighted by Crippen LogP contribution is -2.46. The first-order chi connectivity index (χ1) is 15.2. The third-order valence-corrected chi connectivity index (χ3v) is 7.26. The molecule has 0 radical (unpaired) electrons. The maximum absolute atomic E-state index is 13.3. The molecule has 1 saturated carbocycles. The van der Waals surface area contributed by atoms with Gasteiger partial charge in [-0.3, -0.25) is 9.69 Å². The first kappa shape index (κ1) is 23.1. The fourth-order valence-electron chi connectivity index (χ4n) is 5.68. The second-order valence-corrected chi connectivity index (χ2v) is 11.0. The van der Waals surface area contributed by atoms with Gasteiger partial charge in [0.15, 0.2) is 0 Å². The standard InChI is InChI=1S/C26H38N2O4/c1-25(2,3)32-24(30)28-16-14-26(19-28)13-15-27(18-26)22(21-11-7-8-12-21)23(29)31-17-20-9-5-4-6-10-20/h4-6,9-10,21-22H,7-8,11-19H2,1-3H3/t22-,26?/m0/s1. The zero-order valence-electron chi connectivity index (χ0n) is 19.8. The molecule has 1 aliphatic carbocycles. The molecule has 4 rings (SSSR count). The number of rotatable bonds is 5. The highest BCUT2D eigenvalue weighted by Gasteiger charge is 2.49. The molecule has 176 valence electrons. The Bertz CT molecular complexity index is 800. The molecule has 1 aromatic rings. The minimum Gasteiger partial charge on any atom is -0.460 e. The van der Waals surface area contributed by atoms with Gasteiger partial charge in [-0.2, -0.15) is 0 Å². The zero-order valence-corrected chi connectivity index (χ0v) is 19.8. The fourth-order valence-corrected chi connectivity index (χ4v) is 5.68. The summed E-state index contributed by atoms with van der Waals surface area (Å²) in [6.45, 7) is 9.24. The van der Waals surface area contributed by atoms with E-state index in [1.165, 1.54) is 12.8 Å². The van der Waals surface area contributed by atoms with Gasteiger partial charge in [-0.15, -0.1) is 0 Å². The van der Waals surface area contributed by atoms with E-state index < -0.39 is 5.60 Å². The molecule has 1 spiro atoms. The third kappa shape index (κ3) is 5.45. The van der Waals surface area contributed by atoms with Crippen molar-refractivity contribution in [3.8, 4) is 0 Å². The largest absolute Gasteiger partial charge is 0.460 e. The molecule has 2 aliphatic heterocycles. The topological polar surface area (TPSA) is 59.1 Å². The first-order valence-electron chi connectivity index (χ1n) is 12.2. The van der Waals surface area contributed by atoms with Gasteiger partial charge in [-0.05, 0) is 64.5 Å². The molecule has 6 heteroatoms. The first-order valence-corrected chi connectivity index (χ1v) is 12.2. The number of esters is 1. The molecule has 1 unspecified atom stereocenters. The van der Waals surface area contributed by atoms with Crippen LogP contribution in [0.2, 0.25) is 0 Å². The maximum Gasteiger partial charge on any atom is 0.410 e. The van der Waals surface area contributed by atoms with Gasteiger partial charge in [-0.1, -0.05) is 43.2 Å². The van der Waals surface area contributed by atoms with Crippen molar-refractivity contribution < 1.29 is 19.1 Å². The Kier molecular flexibility index (Phi) is 6.80. The Balaban J connectivity index is 1.40. The van der Waals surface area contributed by atoms with E-state index in [1.807, 2.05) is 56.0 Å². The van der Waals surface area contributed by atoms with Crippen LogP contribution in [0.15, 0.2) is 30.3 Å². The number of ether oxygens (including phenoxy) is 2. The number of hydrogen-bond donors (Lipinski definition) is 0. The molecule has 2 atom stereocenters. The average molecular weight is 443 g/mol. The van der Waals surface area contributed by atoms with Gasteiger partial charge in [0.1, 0.15) is 18.2 Å². The van der Waals surface area contributed by atoms with Gasteiger partial charge in [0.05, 0.1) is 0 Å². The summed E-state index contributed by atoms with van der Waals surface area (Å²) in [6.07, 6.45) is 6.34. The van der Waals surface area contributed by atoms with Crippen molar-refractivity contribution in [1.29, 1.82) is 0 Å². The summed E-state index contributed by atoms with van der Waals surface area (Å²) in [5.74, 6) is 0.289. The maximum atomic E-state index is 13.3. The molecule has 6 nitrogen and oxygen atoms in total. The highest BCUT2D eigenvalue weighted by atomic mass is 16.6. The van der Waals surface area contributed by atoms with Gasteiger partial charge >= 0.3 is 12.1 Å².